The van der Waals surface area contributed by atoms with E-state index in [1.54, 1.807) is 0 Å². The number of H-pyrrole nitrogens is 1. The SMILES string of the molecule is CCCC(CCO)CNCc1nc2ccsc2c(=O)[nH]1. The highest BCUT2D eigenvalue weighted by Gasteiger charge is 2.08. The van der Waals surface area contributed by atoms with Gasteiger partial charge in [-0.2, -0.15) is 0 Å². The number of nitrogens with zero attached hydrogens (tertiary/aromatic N) is 1. The molecule has 2 heterocycles. The fourth-order valence-corrected chi connectivity index (χ4v) is 3.06. The number of rotatable bonds is 8. The van der Waals surface area contributed by atoms with Crippen molar-refractivity contribution in [3.05, 3.63) is 27.6 Å². The first-order chi connectivity index (χ1) is 9.74. The molecule has 2 rings (SSSR count). The molecule has 0 saturated heterocycles. The zero-order valence-electron chi connectivity index (χ0n) is 11.7. The molecule has 0 aliphatic heterocycles. The van der Waals surface area contributed by atoms with Crippen molar-refractivity contribution >= 4 is 21.6 Å². The van der Waals surface area contributed by atoms with Crippen LogP contribution in [0.15, 0.2) is 16.2 Å². The van der Waals surface area contributed by atoms with E-state index in [1.165, 1.54) is 11.3 Å². The zero-order chi connectivity index (χ0) is 14.4. The van der Waals surface area contributed by atoms with Crippen LogP contribution in [0.1, 0.15) is 32.0 Å². The second-order valence-corrected chi connectivity index (χ2v) is 5.86. The van der Waals surface area contributed by atoms with Gasteiger partial charge in [0, 0.05) is 6.61 Å². The number of aromatic nitrogens is 2. The normalized spacial score (nSPS) is 12.9. The van der Waals surface area contributed by atoms with Crippen molar-refractivity contribution in [2.24, 2.45) is 5.92 Å². The molecule has 0 aliphatic rings. The maximum atomic E-state index is 11.8. The van der Waals surface area contributed by atoms with Gasteiger partial charge in [0.05, 0.1) is 12.1 Å². The Hall–Kier alpha value is -1.24. The first-order valence-electron chi connectivity index (χ1n) is 7.02. The number of fused-ring (bicyclic) bond motifs is 1. The van der Waals surface area contributed by atoms with E-state index in [9.17, 15) is 4.79 Å². The summed E-state index contributed by atoms with van der Waals surface area (Å²) in [6.07, 6.45) is 3.03. The van der Waals surface area contributed by atoms with Gasteiger partial charge in [-0.05, 0) is 36.8 Å². The molecule has 2 aromatic heterocycles. The number of aliphatic hydroxyl groups excluding tert-OH is 1. The van der Waals surface area contributed by atoms with E-state index in [0.29, 0.717) is 23.0 Å². The Morgan fingerprint density at radius 3 is 3.10 bits per heavy atom. The standard InChI is InChI=1S/C14H21N3O2S/c1-2-3-10(4-6-18)8-15-9-12-16-11-5-7-20-13(11)14(19)17-12/h5,7,10,15,18H,2-4,6,8-9H2,1H3,(H,16,17,19). The molecule has 6 heteroatoms. The highest BCUT2D eigenvalue weighted by atomic mass is 32.1. The third kappa shape index (κ3) is 3.88. The fraction of sp³-hybridized carbons (Fsp3) is 0.571. The molecule has 1 unspecified atom stereocenters. The molecule has 0 amide bonds. The summed E-state index contributed by atoms with van der Waals surface area (Å²) in [7, 11) is 0. The van der Waals surface area contributed by atoms with Crippen LogP contribution >= 0.6 is 11.3 Å². The molecule has 0 aliphatic carbocycles. The summed E-state index contributed by atoms with van der Waals surface area (Å²) < 4.78 is 0.679. The number of nitrogens with one attached hydrogen (secondary N) is 2. The van der Waals surface area contributed by atoms with Crippen molar-refractivity contribution in [3.8, 4) is 0 Å². The molecular formula is C14H21N3O2S. The zero-order valence-corrected chi connectivity index (χ0v) is 12.5. The summed E-state index contributed by atoms with van der Waals surface area (Å²) in [6.45, 7) is 3.75. The molecule has 0 aromatic carbocycles. The van der Waals surface area contributed by atoms with E-state index < -0.39 is 0 Å². The van der Waals surface area contributed by atoms with E-state index in [0.717, 1.165) is 31.3 Å². The van der Waals surface area contributed by atoms with Crippen LogP contribution in [0, 0.1) is 5.92 Å². The molecule has 5 nitrogen and oxygen atoms in total. The maximum Gasteiger partial charge on any atom is 0.268 e. The number of aliphatic hydroxyl groups is 1. The first kappa shape index (κ1) is 15.2. The smallest absolute Gasteiger partial charge is 0.268 e. The second kappa shape index (κ2) is 7.52. The summed E-state index contributed by atoms with van der Waals surface area (Å²) >= 11 is 1.41. The molecule has 0 spiro atoms. The fourth-order valence-electron chi connectivity index (χ4n) is 2.34. The van der Waals surface area contributed by atoms with Gasteiger partial charge in [0.2, 0.25) is 0 Å². The molecular weight excluding hydrogens is 274 g/mol. The van der Waals surface area contributed by atoms with Crippen LogP contribution in [0.2, 0.25) is 0 Å². The van der Waals surface area contributed by atoms with Crippen LogP contribution in [0.25, 0.3) is 10.2 Å². The van der Waals surface area contributed by atoms with Gasteiger partial charge in [0.1, 0.15) is 10.5 Å². The van der Waals surface area contributed by atoms with E-state index in [4.69, 9.17) is 5.11 Å². The van der Waals surface area contributed by atoms with Crippen LogP contribution < -0.4 is 10.9 Å². The maximum absolute atomic E-state index is 11.8. The topological polar surface area (TPSA) is 78.0 Å². The number of hydrogen-bond donors (Lipinski definition) is 3. The Morgan fingerprint density at radius 1 is 1.50 bits per heavy atom. The van der Waals surface area contributed by atoms with E-state index in [-0.39, 0.29) is 12.2 Å². The molecule has 0 saturated carbocycles. The molecule has 0 bridgehead atoms. The van der Waals surface area contributed by atoms with Crippen LogP contribution in [-0.2, 0) is 6.54 Å². The van der Waals surface area contributed by atoms with Gasteiger partial charge >= 0.3 is 0 Å². The van der Waals surface area contributed by atoms with Crippen LogP contribution in [-0.4, -0.2) is 28.2 Å². The van der Waals surface area contributed by atoms with Crippen molar-refractivity contribution in [1.29, 1.82) is 0 Å². The summed E-state index contributed by atoms with van der Waals surface area (Å²) in [4.78, 5) is 19.1. The minimum atomic E-state index is -0.0673. The molecule has 0 radical (unpaired) electrons. The summed E-state index contributed by atoms with van der Waals surface area (Å²) in [6, 6.07) is 1.87. The quantitative estimate of drug-likeness (QED) is 0.695. The summed E-state index contributed by atoms with van der Waals surface area (Å²) in [5.41, 5.74) is 0.693. The summed E-state index contributed by atoms with van der Waals surface area (Å²) in [5.74, 6) is 1.14. The number of hydrogen-bond acceptors (Lipinski definition) is 5. The van der Waals surface area contributed by atoms with Crippen molar-refractivity contribution in [1.82, 2.24) is 15.3 Å². The van der Waals surface area contributed by atoms with Crippen molar-refractivity contribution < 1.29 is 5.11 Å². The average molecular weight is 295 g/mol. The Kier molecular flexibility index (Phi) is 5.70. The van der Waals surface area contributed by atoms with Crippen LogP contribution in [0.3, 0.4) is 0 Å². The lowest BCUT2D eigenvalue weighted by atomic mass is 10.0. The summed E-state index contributed by atoms with van der Waals surface area (Å²) in [5, 5.41) is 14.2. The van der Waals surface area contributed by atoms with Crippen molar-refractivity contribution in [2.75, 3.05) is 13.2 Å². The Balaban J connectivity index is 1.93. The molecule has 2 aromatic rings. The lowest BCUT2D eigenvalue weighted by Gasteiger charge is -2.15. The predicted octanol–water partition coefficient (Wildman–Crippen LogP) is 1.87. The number of thiophene rings is 1. The minimum Gasteiger partial charge on any atom is -0.396 e. The van der Waals surface area contributed by atoms with E-state index in [2.05, 4.69) is 22.2 Å². The van der Waals surface area contributed by atoms with Crippen molar-refractivity contribution in [2.45, 2.75) is 32.7 Å². The van der Waals surface area contributed by atoms with Gasteiger partial charge in [-0.25, -0.2) is 4.98 Å². The number of aromatic amines is 1. The highest BCUT2D eigenvalue weighted by molar-refractivity contribution is 7.17. The lowest BCUT2D eigenvalue weighted by Crippen LogP contribution is -2.25. The third-order valence-corrected chi connectivity index (χ3v) is 4.23. The molecule has 3 N–H and O–H groups in total. The molecule has 0 fully saturated rings. The monoisotopic (exact) mass is 295 g/mol. The van der Waals surface area contributed by atoms with E-state index >= 15 is 0 Å². The van der Waals surface area contributed by atoms with Crippen molar-refractivity contribution in [3.63, 3.8) is 0 Å². The third-order valence-electron chi connectivity index (χ3n) is 3.32. The molecule has 20 heavy (non-hydrogen) atoms. The van der Waals surface area contributed by atoms with Gasteiger partial charge in [-0.1, -0.05) is 13.3 Å². The predicted molar refractivity (Wildman–Crippen MR) is 82.0 cm³/mol. The van der Waals surface area contributed by atoms with Gasteiger partial charge in [0.15, 0.2) is 0 Å². The Bertz CT molecular complexity index is 587. The Morgan fingerprint density at radius 2 is 2.35 bits per heavy atom. The second-order valence-electron chi connectivity index (χ2n) is 4.95. The largest absolute Gasteiger partial charge is 0.396 e. The van der Waals surface area contributed by atoms with Gasteiger partial charge in [0.25, 0.3) is 5.56 Å². The van der Waals surface area contributed by atoms with Gasteiger partial charge in [-0.3, -0.25) is 4.79 Å². The molecule has 110 valence electrons. The minimum absolute atomic E-state index is 0.0673. The first-order valence-corrected chi connectivity index (χ1v) is 7.90. The Labute approximate surface area is 122 Å². The van der Waals surface area contributed by atoms with E-state index in [1.807, 2.05) is 11.4 Å². The lowest BCUT2D eigenvalue weighted by molar-refractivity contribution is 0.248. The van der Waals surface area contributed by atoms with Crippen LogP contribution in [0.5, 0.6) is 0 Å². The highest BCUT2D eigenvalue weighted by Crippen LogP contribution is 2.13. The van der Waals surface area contributed by atoms with Gasteiger partial charge in [-0.15, -0.1) is 11.3 Å². The average Bonchev–Trinajstić information content (AvgIpc) is 2.88. The van der Waals surface area contributed by atoms with Gasteiger partial charge < -0.3 is 15.4 Å². The van der Waals surface area contributed by atoms with Crippen LogP contribution in [0.4, 0.5) is 0 Å². The molecule has 1 atom stereocenters.